The summed E-state index contributed by atoms with van der Waals surface area (Å²) in [7, 11) is 0. The lowest BCUT2D eigenvalue weighted by molar-refractivity contribution is 0.0691. The maximum atomic E-state index is 12.4. The van der Waals surface area contributed by atoms with Crippen LogP contribution in [0.2, 0.25) is 0 Å². The topological polar surface area (TPSA) is 93.5 Å². The van der Waals surface area contributed by atoms with Gasteiger partial charge in [-0.3, -0.25) is 9.36 Å². The SMILES string of the molecule is O=C(NC1CCCC12CCN(CCn1c(=O)oc3ccccc31)CC2)c1ccon1. The van der Waals surface area contributed by atoms with Crippen LogP contribution in [-0.2, 0) is 6.54 Å². The summed E-state index contributed by atoms with van der Waals surface area (Å²) in [6.45, 7) is 3.38. The molecule has 2 fully saturated rings. The fourth-order valence-electron chi connectivity index (χ4n) is 5.21. The van der Waals surface area contributed by atoms with E-state index in [-0.39, 0.29) is 23.1 Å². The van der Waals surface area contributed by atoms with Crippen LogP contribution in [0.3, 0.4) is 0 Å². The lowest BCUT2D eigenvalue weighted by Gasteiger charge is -2.43. The minimum Gasteiger partial charge on any atom is -0.408 e. The van der Waals surface area contributed by atoms with Crippen molar-refractivity contribution in [3.8, 4) is 0 Å². The summed E-state index contributed by atoms with van der Waals surface area (Å²) in [6, 6.07) is 9.33. The lowest BCUT2D eigenvalue weighted by atomic mass is 9.74. The second-order valence-electron chi connectivity index (χ2n) is 8.49. The van der Waals surface area contributed by atoms with Crippen molar-refractivity contribution in [2.45, 2.75) is 44.7 Å². The third-order valence-electron chi connectivity index (χ3n) is 6.95. The van der Waals surface area contributed by atoms with Gasteiger partial charge < -0.3 is 19.2 Å². The van der Waals surface area contributed by atoms with E-state index in [1.54, 1.807) is 10.6 Å². The molecular formula is C22H26N4O4. The highest BCUT2D eigenvalue weighted by Crippen LogP contribution is 2.46. The second-order valence-corrected chi connectivity index (χ2v) is 8.49. The smallest absolute Gasteiger partial charge is 0.408 e. The van der Waals surface area contributed by atoms with Crippen molar-refractivity contribution in [1.82, 2.24) is 19.9 Å². The molecule has 1 amide bonds. The van der Waals surface area contributed by atoms with Crippen LogP contribution in [0.5, 0.6) is 0 Å². The van der Waals surface area contributed by atoms with E-state index in [1.165, 1.54) is 6.26 Å². The number of benzene rings is 1. The Kier molecular flexibility index (Phi) is 4.94. The van der Waals surface area contributed by atoms with Gasteiger partial charge in [-0.2, -0.15) is 0 Å². The summed E-state index contributed by atoms with van der Waals surface area (Å²) >= 11 is 0. The number of nitrogens with one attached hydrogen (secondary N) is 1. The molecular weight excluding hydrogens is 384 g/mol. The molecule has 158 valence electrons. The van der Waals surface area contributed by atoms with E-state index in [0.717, 1.165) is 57.3 Å². The average Bonchev–Trinajstić information content (AvgIpc) is 3.48. The van der Waals surface area contributed by atoms with Crippen molar-refractivity contribution in [2.75, 3.05) is 19.6 Å². The summed E-state index contributed by atoms with van der Waals surface area (Å²) in [4.78, 5) is 27.0. The molecule has 1 saturated carbocycles. The number of carbonyl (C=O) groups excluding carboxylic acids is 1. The second kappa shape index (κ2) is 7.75. The van der Waals surface area contributed by atoms with Gasteiger partial charge in [0.1, 0.15) is 6.26 Å². The minimum absolute atomic E-state index is 0.149. The fraction of sp³-hybridized carbons (Fsp3) is 0.500. The van der Waals surface area contributed by atoms with Gasteiger partial charge in [0, 0.05) is 25.2 Å². The van der Waals surface area contributed by atoms with Crippen molar-refractivity contribution < 1.29 is 13.7 Å². The number of likely N-dealkylation sites (tertiary alicyclic amines) is 1. The van der Waals surface area contributed by atoms with Crippen molar-refractivity contribution in [1.29, 1.82) is 0 Å². The molecule has 8 heteroatoms. The molecule has 1 aliphatic heterocycles. The van der Waals surface area contributed by atoms with Gasteiger partial charge in [0.2, 0.25) is 0 Å². The molecule has 1 aromatic carbocycles. The molecule has 3 aromatic rings. The number of fused-ring (bicyclic) bond motifs is 1. The third kappa shape index (κ3) is 3.45. The van der Waals surface area contributed by atoms with E-state index in [4.69, 9.17) is 8.94 Å². The van der Waals surface area contributed by atoms with E-state index in [2.05, 4.69) is 15.4 Å². The Morgan fingerprint density at radius 2 is 2.00 bits per heavy atom. The zero-order valence-electron chi connectivity index (χ0n) is 16.9. The first kappa shape index (κ1) is 19.1. The maximum Gasteiger partial charge on any atom is 0.419 e. The first-order valence-electron chi connectivity index (χ1n) is 10.7. The molecule has 1 unspecified atom stereocenters. The molecule has 2 aliphatic rings. The number of rotatable bonds is 5. The van der Waals surface area contributed by atoms with Crippen molar-refractivity contribution in [3.63, 3.8) is 0 Å². The number of aromatic nitrogens is 2. The van der Waals surface area contributed by atoms with Gasteiger partial charge in [0.25, 0.3) is 5.91 Å². The number of hydrogen-bond donors (Lipinski definition) is 1. The number of piperidine rings is 1. The number of oxazole rings is 1. The molecule has 0 radical (unpaired) electrons. The maximum absolute atomic E-state index is 12.4. The zero-order valence-corrected chi connectivity index (χ0v) is 16.9. The van der Waals surface area contributed by atoms with Gasteiger partial charge in [-0.25, -0.2) is 4.79 Å². The Hall–Kier alpha value is -2.87. The number of carbonyl (C=O) groups is 1. The molecule has 1 aliphatic carbocycles. The summed E-state index contributed by atoms with van der Waals surface area (Å²) in [6.07, 6.45) is 6.83. The Bertz CT molecular complexity index is 1080. The van der Waals surface area contributed by atoms with Crippen LogP contribution in [0.15, 0.2) is 50.3 Å². The van der Waals surface area contributed by atoms with Gasteiger partial charge in [0.05, 0.1) is 5.52 Å². The van der Waals surface area contributed by atoms with Crippen molar-refractivity contribution in [2.24, 2.45) is 5.41 Å². The first-order chi connectivity index (χ1) is 14.6. The van der Waals surface area contributed by atoms with E-state index >= 15 is 0 Å². The van der Waals surface area contributed by atoms with E-state index in [9.17, 15) is 9.59 Å². The first-order valence-corrected chi connectivity index (χ1v) is 10.7. The van der Waals surface area contributed by atoms with Crippen LogP contribution < -0.4 is 11.1 Å². The van der Waals surface area contributed by atoms with E-state index in [1.807, 2.05) is 24.3 Å². The Morgan fingerprint density at radius 3 is 2.80 bits per heavy atom. The van der Waals surface area contributed by atoms with Gasteiger partial charge in [-0.05, 0) is 56.3 Å². The molecule has 1 saturated heterocycles. The van der Waals surface area contributed by atoms with E-state index < -0.39 is 0 Å². The van der Waals surface area contributed by atoms with Gasteiger partial charge in [0.15, 0.2) is 11.3 Å². The Morgan fingerprint density at radius 1 is 1.17 bits per heavy atom. The molecule has 2 aromatic heterocycles. The van der Waals surface area contributed by atoms with E-state index in [0.29, 0.717) is 17.8 Å². The van der Waals surface area contributed by atoms with Crippen LogP contribution in [0.4, 0.5) is 0 Å². The predicted molar refractivity (Wildman–Crippen MR) is 110 cm³/mol. The van der Waals surface area contributed by atoms with Crippen LogP contribution in [-0.4, -0.2) is 46.2 Å². The minimum atomic E-state index is -0.295. The molecule has 1 atom stereocenters. The molecule has 0 bridgehead atoms. The third-order valence-corrected chi connectivity index (χ3v) is 6.95. The van der Waals surface area contributed by atoms with Gasteiger partial charge >= 0.3 is 5.76 Å². The zero-order chi connectivity index (χ0) is 20.6. The lowest BCUT2D eigenvalue weighted by Crippen LogP contribution is -2.50. The molecule has 8 nitrogen and oxygen atoms in total. The van der Waals surface area contributed by atoms with Crippen LogP contribution >= 0.6 is 0 Å². The largest absolute Gasteiger partial charge is 0.419 e. The Balaban J connectivity index is 1.20. The highest BCUT2D eigenvalue weighted by molar-refractivity contribution is 5.92. The summed E-state index contributed by atoms with van der Waals surface area (Å²) in [5, 5.41) is 6.95. The van der Waals surface area contributed by atoms with Crippen molar-refractivity contribution >= 4 is 17.0 Å². The molecule has 5 rings (SSSR count). The Labute approximate surface area is 173 Å². The number of para-hydroxylation sites is 2. The van der Waals surface area contributed by atoms with Crippen LogP contribution in [0.1, 0.15) is 42.6 Å². The highest BCUT2D eigenvalue weighted by atomic mass is 16.5. The summed E-state index contributed by atoms with van der Waals surface area (Å²) < 4.78 is 11.8. The molecule has 1 spiro atoms. The monoisotopic (exact) mass is 410 g/mol. The number of amides is 1. The summed E-state index contributed by atoms with van der Waals surface area (Å²) in [5.74, 6) is -0.445. The predicted octanol–water partition coefficient (Wildman–Crippen LogP) is 2.65. The van der Waals surface area contributed by atoms with Crippen LogP contribution in [0.25, 0.3) is 11.1 Å². The number of hydrogen-bond acceptors (Lipinski definition) is 6. The standard InChI is InChI=1S/C22H26N4O4/c27-20(16-7-15-29-24-16)23-19-6-3-8-22(19)9-11-25(12-10-22)13-14-26-17-4-1-2-5-18(17)30-21(26)28/h1-2,4-5,7,15,19H,3,6,8-14H2,(H,23,27). The van der Waals surface area contributed by atoms with Gasteiger partial charge in [-0.1, -0.05) is 23.7 Å². The fourth-order valence-corrected chi connectivity index (χ4v) is 5.21. The molecule has 30 heavy (non-hydrogen) atoms. The normalized spacial score (nSPS) is 21.4. The van der Waals surface area contributed by atoms with Gasteiger partial charge in [-0.15, -0.1) is 0 Å². The van der Waals surface area contributed by atoms with Crippen LogP contribution in [0, 0.1) is 5.41 Å². The van der Waals surface area contributed by atoms with Crippen molar-refractivity contribution in [3.05, 3.63) is 52.8 Å². The quantitative estimate of drug-likeness (QED) is 0.695. The molecule has 1 N–H and O–H groups in total. The number of nitrogens with zero attached hydrogens (tertiary/aromatic N) is 3. The summed E-state index contributed by atoms with van der Waals surface area (Å²) in [5.41, 5.74) is 1.99. The molecule has 3 heterocycles. The average molecular weight is 410 g/mol. The highest BCUT2D eigenvalue weighted by Gasteiger charge is 2.45.